The summed E-state index contributed by atoms with van der Waals surface area (Å²) in [6.45, 7) is 4.39. The molecule has 37 heavy (non-hydrogen) atoms. The van der Waals surface area contributed by atoms with E-state index in [1.165, 1.54) is 23.5 Å². The first-order chi connectivity index (χ1) is 17.8. The number of nitrogens with zero attached hydrogens (tertiary/aromatic N) is 4. The van der Waals surface area contributed by atoms with E-state index >= 15 is 0 Å². The number of rotatable bonds is 11. The van der Waals surface area contributed by atoms with Gasteiger partial charge in [-0.3, -0.25) is 4.98 Å². The second-order valence-corrected chi connectivity index (χ2v) is 9.41. The predicted octanol–water partition coefficient (Wildman–Crippen LogP) is 5.93. The van der Waals surface area contributed by atoms with Crippen molar-refractivity contribution >= 4 is 33.3 Å². The molecule has 0 aliphatic carbocycles. The molecule has 4 rings (SSSR count). The molecular weight excluding hydrogens is 505 g/mol. The van der Waals surface area contributed by atoms with Gasteiger partial charge in [0, 0.05) is 31.6 Å². The van der Waals surface area contributed by atoms with Gasteiger partial charge in [-0.1, -0.05) is 19.1 Å². The normalized spacial score (nSPS) is 12.5. The number of alkyl halides is 3. The Bertz CT molecular complexity index is 1330. The van der Waals surface area contributed by atoms with Gasteiger partial charge < -0.3 is 20.5 Å². The van der Waals surface area contributed by atoms with Crippen LogP contribution < -0.4 is 15.4 Å². The fraction of sp³-hybridized carbons (Fsp3) is 0.360. The summed E-state index contributed by atoms with van der Waals surface area (Å²) in [6.07, 6.45) is 1.00. The lowest BCUT2D eigenvalue weighted by Gasteiger charge is -2.19. The molecule has 1 unspecified atom stereocenters. The number of fused-ring (bicyclic) bond motifs is 1. The molecule has 1 aromatic carbocycles. The minimum atomic E-state index is -4.73. The van der Waals surface area contributed by atoms with Crippen molar-refractivity contribution in [3.05, 3.63) is 54.0 Å². The number of aryl methyl sites for hydroxylation is 1. The fourth-order valence-electron chi connectivity index (χ4n) is 3.73. The molecule has 0 aliphatic rings. The minimum absolute atomic E-state index is 0.0904. The number of aromatic nitrogens is 4. The molecule has 0 saturated carbocycles. The number of hydrogen-bond donors (Lipinski definition) is 3. The molecule has 4 aromatic rings. The highest BCUT2D eigenvalue weighted by Crippen LogP contribution is 2.35. The Kier molecular flexibility index (Phi) is 8.39. The van der Waals surface area contributed by atoms with Crippen LogP contribution in [0, 0.1) is 6.92 Å². The molecular formula is C25H27F3N6O2S. The van der Waals surface area contributed by atoms with Gasteiger partial charge in [0.15, 0.2) is 0 Å². The molecule has 3 heterocycles. The lowest BCUT2D eigenvalue weighted by molar-refractivity contribution is -0.274. The third kappa shape index (κ3) is 7.04. The summed E-state index contributed by atoms with van der Waals surface area (Å²) in [5.41, 5.74) is 3.16. The summed E-state index contributed by atoms with van der Waals surface area (Å²) < 4.78 is 42.1. The van der Waals surface area contributed by atoms with E-state index in [4.69, 9.17) is 9.97 Å². The van der Waals surface area contributed by atoms with Gasteiger partial charge in [-0.2, -0.15) is 4.98 Å². The van der Waals surface area contributed by atoms with Crippen LogP contribution in [-0.2, 0) is 6.54 Å². The van der Waals surface area contributed by atoms with E-state index in [1.54, 1.807) is 24.5 Å². The molecule has 8 nitrogen and oxygen atoms in total. The van der Waals surface area contributed by atoms with Gasteiger partial charge in [0.05, 0.1) is 16.0 Å². The molecule has 0 aliphatic heterocycles. The molecule has 196 valence electrons. The highest BCUT2D eigenvalue weighted by molar-refractivity contribution is 7.21. The number of benzene rings is 1. The lowest BCUT2D eigenvalue weighted by Crippen LogP contribution is -2.20. The smallest absolute Gasteiger partial charge is 0.406 e. The van der Waals surface area contributed by atoms with Crippen molar-refractivity contribution < 1.29 is 23.0 Å². The zero-order chi connectivity index (χ0) is 26.4. The number of ether oxygens (including phenoxy) is 1. The molecule has 0 fully saturated rings. The molecule has 0 bridgehead atoms. The summed E-state index contributed by atoms with van der Waals surface area (Å²) in [5, 5.41) is 16.6. The van der Waals surface area contributed by atoms with Crippen molar-refractivity contribution in [3.63, 3.8) is 0 Å². The van der Waals surface area contributed by atoms with Crippen LogP contribution in [0.3, 0.4) is 0 Å². The molecule has 0 radical (unpaired) electrons. The van der Waals surface area contributed by atoms with Gasteiger partial charge in [0.25, 0.3) is 0 Å². The van der Waals surface area contributed by atoms with Crippen LogP contribution in [0.5, 0.6) is 5.75 Å². The van der Waals surface area contributed by atoms with Crippen LogP contribution in [0.2, 0.25) is 0 Å². The average molecular weight is 533 g/mol. The van der Waals surface area contributed by atoms with Crippen molar-refractivity contribution in [2.45, 2.75) is 52.1 Å². The number of pyridine rings is 1. The van der Waals surface area contributed by atoms with Gasteiger partial charge in [-0.25, -0.2) is 9.97 Å². The van der Waals surface area contributed by atoms with Crippen LogP contribution in [0.4, 0.5) is 24.9 Å². The average Bonchev–Trinajstić information content (AvgIpc) is 3.31. The van der Waals surface area contributed by atoms with E-state index in [-0.39, 0.29) is 18.4 Å². The maximum Gasteiger partial charge on any atom is 0.573 e. The van der Waals surface area contributed by atoms with Crippen LogP contribution in [0.1, 0.15) is 37.4 Å². The topological polar surface area (TPSA) is 105 Å². The maximum absolute atomic E-state index is 12.4. The first kappa shape index (κ1) is 26.6. The van der Waals surface area contributed by atoms with E-state index in [2.05, 4.69) is 32.3 Å². The Hall–Kier alpha value is -3.51. The van der Waals surface area contributed by atoms with Crippen LogP contribution >= 0.6 is 11.3 Å². The quantitative estimate of drug-likeness (QED) is 0.218. The lowest BCUT2D eigenvalue weighted by atomic mass is 10.1. The second-order valence-electron chi connectivity index (χ2n) is 8.38. The number of aliphatic hydroxyl groups excluding tert-OH is 1. The number of anilines is 2. The first-order valence-electron chi connectivity index (χ1n) is 11.8. The Morgan fingerprint density at radius 3 is 2.57 bits per heavy atom. The molecule has 1 atom stereocenters. The Morgan fingerprint density at radius 1 is 1.11 bits per heavy atom. The number of halogens is 3. The molecule has 0 saturated heterocycles. The van der Waals surface area contributed by atoms with Crippen molar-refractivity contribution in [3.8, 4) is 16.3 Å². The Morgan fingerprint density at radius 2 is 1.89 bits per heavy atom. The van der Waals surface area contributed by atoms with Gasteiger partial charge in [-0.05, 0) is 49.9 Å². The van der Waals surface area contributed by atoms with Gasteiger partial charge >= 0.3 is 6.36 Å². The molecule has 12 heteroatoms. The Balaban J connectivity index is 1.57. The zero-order valence-electron chi connectivity index (χ0n) is 20.3. The van der Waals surface area contributed by atoms with Crippen molar-refractivity contribution in [2.75, 3.05) is 17.2 Å². The van der Waals surface area contributed by atoms with Gasteiger partial charge in [-0.15, -0.1) is 24.5 Å². The van der Waals surface area contributed by atoms with E-state index in [9.17, 15) is 18.3 Å². The number of aliphatic hydroxyl groups is 1. The van der Waals surface area contributed by atoms with Crippen molar-refractivity contribution in [2.24, 2.45) is 0 Å². The van der Waals surface area contributed by atoms with Crippen LogP contribution in [0.15, 0.2) is 42.7 Å². The van der Waals surface area contributed by atoms with E-state index < -0.39 is 6.36 Å². The van der Waals surface area contributed by atoms with Gasteiger partial charge in [0.2, 0.25) is 5.95 Å². The molecule has 3 N–H and O–H groups in total. The van der Waals surface area contributed by atoms with Crippen LogP contribution in [0.25, 0.3) is 20.8 Å². The van der Waals surface area contributed by atoms with E-state index in [0.717, 1.165) is 44.9 Å². The highest BCUT2D eigenvalue weighted by Gasteiger charge is 2.31. The number of hydrogen-bond acceptors (Lipinski definition) is 9. The monoisotopic (exact) mass is 532 g/mol. The van der Waals surface area contributed by atoms with Gasteiger partial charge in [0.1, 0.15) is 22.1 Å². The predicted molar refractivity (Wildman–Crippen MR) is 138 cm³/mol. The van der Waals surface area contributed by atoms with E-state index in [0.29, 0.717) is 24.7 Å². The highest BCUT2D eigenvalue weighted by atomic mass is 32.1. The largest absolute Gasteiger partial charge is 0.573 e. The van der Waals surface area contributed by atoms with E-state index in [1.807, 2.05) is 13.0 Å². The number of thiazole rings is 1. The molecule has 0 amide bonds. The molecule has 3 aromatic heterocycles. The standard InChI is InChI=1S/C25H27F3N6O2S/c1-3-17(5-4-12-35)32-22-19(23-33-21-15(2)29-11-10-20(21)37-23)14-31-24(34-22)30-13-16-6-8-18(9-7-16)36-25(26,27)28/h6-11,14,17,35H,3-5,12-13H2,1-2H3,(H2,30,31,32,34). The summed E-state index contributed by atoms with van der Waals surface area (Å²) in [5.74, 6) is 0.691. The zero-order valence-corrected chi connectivity index (χ0v) is 21.2. The van der Waals surface area contributed by atoms with Crippen molar-refractivity contribution in [1.82, 2.24) is 19.9 Å². The third-order valence-corrected chi connectivity index (χ3v) is 6.72. The summed E-state index contributed by atoms with van der Waals surface area (Å²) in [6, 6.07) is 7.63. The maximum atomic E-state index is 12.4. The van der Waals surface area contributed by atoms with Crippen molar-refractivity contribution in [1.29, 1.82) is 0 Å². The Labute approximate surface area is 216 Å². The SMILES string of the molecule is CCC(CCCO)Nc1nc(NCc2ccc(OC(F)(F)F)cc2)ncc1-c1nc2c(C)nccc2s1. The summed E-state index contributed by atoms with van der Waals surface area (Å²) in [4.78, 5) is 18.3. The first-order valence-corrected chi connectivity index (χ1v) is 12.6. The second kappa shape index (κ2) is 11.7. The van der Waals surface area contributed by atoms with Crippen LogP contribution in [-0.4, -0.2) is 44.1 Å². The summed E-state index contributed by atoms with van der Waals surface area (Å²) in [7, 11) is 0. The summed E-state index contributed by atoms with van der Waals surface area (Å²) >= 11 is 1.53. The fourth-order valence-corrected chi connectivity index (χ4v) is 4.75. The molecule has 0 spiro atoms. The minimum Gasteiger partial charge on any atom is -0.406 e. The third-order valence-electron chi connectivity index (χ3n) is 5.66. The number of nitrogens with one attached hydrogen (secondary N) is 2.